The van der Waals surface area contributed by atoms with Gasteiger partial charge in [0.25, 0.3) is 0 Å². The fourth-order valence-corrected chi connectivity index (χ4v) is 4.20. The molecule has 1 aromatic heterocycles. The average molecular weight is 406 g/mol. The zero-order valence-electron chi connectivity index (χ0n) is 18.0. The molecule has 158 valence electrons. The monoisotopic (exact) mass is 405 g/mol. The van der Waals surface area contributed by atoms with E-state index < -0.39 is 0 Å². The smallest absolute Gasteiger partial charge is 0.225 e. The molecule has 0 amide bonds. The molecule has 0 bridgehead atoms. The Morgan fingerprint density at radius 2 is 1.73 bits per heavy atom. The first-order valence-electron chi connectivity index (χ1n) is 10.7. The second-order valence-electron chi connectivity index (χ2n) is 8.49. The summed E-state index contributed by atoms with van der Waals surface area (Å²) in [5.74, 6) is 2.02. The molecule has 1 heterocycles. The Morgan fingerprint density at radius 3 is 2.50 bits per heavy atom. The summed E-state index contributed by atoms with van der Waals surface area (Å²) in [5.41, 5.74) is 3.10. The second-order valence-corrected chi connectivity index (χ2v) is 8.49. The van der Waals surface area contributed by atoms with Crippen molar-refractivity contribution >= 4 is 22.7 Å². The second kappa shape index (κ2) is 8.88. The van der Waals surface area contributed by atoms with Crippen molar-refractivity contribution in [1.29, 1.82) is 0 Å². The van der Waals surface area contributed by atoms with E-state index in [1.54, 1.807) is 6.07 Å². The van der Waals surface area contributed by atoms with Gasteiger partial charge in [0.1, 0.15) is 11.6 Å². The summed E-state index contributed by atoms with van der Waals surface area (Å²) in [7, 11) is 4.03. The summed E-state index contributed by atoms with van der Waals surface area (Å²) in [5, 5.41) is 18.3. The summed E-state index contributed by atoms with van der Waals surface area (Å²) in [6, 6.07) is 14.8. The number of phenols is 1. The predicted octanol–water partition coefficient (Wildman–Crippen LogP) is 4.22. The number of nitrogens with zero attached hydrogens (tertiary/aromatic N) is 3. The van der Waals surface area contributed by atoms with Crippen LogP contribution >= 0.6 is 0 Å². The molecule has 1 fully saturated rings. The highest BCUT2D eigenvalue weighted by Gasteiger charge is 2.22. The Kier molecular flexibility index (Phi) is 6.04. The first-order chi connectivity index (χ1) is 14.5. The maximum absolute atomic E-state index is 10.0. The lowest BCUT2D eigenvalue weighted by atomic mass is 9.91. The quantitative estimate of drug-likeness (QED) is 0.570. The van der Waals surface area contributed by atoms with Crippen molar-refractivity contribution < 1.29 is 5.11 Å². The van der Waals surface area contributed by atoms with E-state index in [1.165, 1.54) is 5.56 Å². The molecule has 2 aromatic carbocycles. The molecular weight excluding hydrogens is 374 g/mol. The normalized spacial score (nSPS) is 19.0. The molecule has 0 aliphatic heterocycles. The van der Waals surface area contributed by atoms with Crippen molar-refractivity contribution in [2.75, 3.05) is 24.3 Å². The summed E-state index contributed by atoms with van der Waals surface area (Å²) in [6.07, 6.45) is 4.34. The lowest BCUT2D eigenvalue weighted by Gasteiger charge is -2.30. The highest BCUT2D eigenvalue weighted by atomic mass is 16.3. The molecule has 30 heavy (non-hydrogen) atoms. The van der Waals surface area contributed by atoms with E-state index in [1.807, 2.05) is 43.3 Å². The van der Waals surface area contributed by atoms with Gasteiger partial charge in [-0.2, -0.15) is 4.98 Å². The largest absolute Gasteiger partial charge is 0.508 e. The first-order valence-corrected chi connectivity index (χ1v) is 10.7. The topological polar surface area (TPSA) is 73.3 Å². The molecule has 0 unspecified atom stereocenters. The lowest BCUT2D eigenvalue weighted by Crippen LogP contribution is -2.37. The molecule has 1 aliphatic rings. The summed E-state index contributed by atoms with van der Waals surface area (Å²) < 4.78 is 0. The van der Waals surface area contributed by atoms with Gasteiger partial charge in [0, 0.05) is 43.7 Å². The van der Waals surface area contributed by atoms with Gasteiger partial charge in [-0.1, -0.05) is 29.8 Å². The molecule has 0 radical (unpaired) electrons. The Balaban J connectivity index is 1.35. The van der Waals surface area contributed by atoms with Crippen LogP contribution in [0.5, 0.6) is 5.75 Å². The van der Waals surface area contributed by atoms with Crippen LogP contribution < -0.4 is 15.5 Å². The lowest BCUT2D eigenvalue weighted by molar-refractivity contribution is 0.349. The minimum atomic E-state index is 0.369. The van der Waals surface area contributed by atoms with Crippen LogP contribution in [0.25, 0.3) is 10.9 Å². The van der Waals surface area contributed by atoms with E-state index >= 15 is 0 Å². The highest BCUT2D eigenvalue weighted by molar-refractivity contribution is 5.90. The van der Waals surface area contributed by atoms with Crippen molar-refractivity contribution in [3.63, 3.8) is 0 Å². The van der Waals surface area contributed by atoms with Gasteiger partial charge in [0.2, 0.25) is 5.95 Å². The number of aromatic nitrogens is 2. The van der Waals surface area contributed by atoms with Crippen molar-refractivity contribution in [2.24, 2.45) is 0 Å². The number of rotatable bonds is 6. The van der Waals surface area contributed by atoms with Crippen molar-refractivity contribution in [3.05, 3.63) is 53.6 Å². The first kappa shape index (κ1) is 20.4. The van der Waals surface area contributed by atoms with Crippen LogP contribution in [0, 0.1) is 6.92 Å². The zero-order chi connectivity index (χ0) is 21.1. The molecule has 0 saturated heterocycles. The van der Waals surface area contributed by atoms with Gasteiger partial charge in [-0.15, -0.1) is 0 Å². The number of nitrogens with one attached hydrogen (secondary N) is 2. The Bertz CT molecular complexity index is 1010. The fourth-order valence-electron chi connectivity index (χ4n) is 4.20. The molecule has 6 heteroatoms. The number of hydrogen-bond acceptors (Lipinski definition) is 6. The number of phenolic OH excluding ortho intramolecular Hbond substituents is 1. The van der Waals surface area contributed by atoms with Gasteiger partial charge in [0.05, 0.1) is 5.52 Å². The summed E-state index contributed by atoms with van der Waals surface area (Å²) >= 11 is 0. The minimum absolute atomic E-state index is 0.369. The van der Waals surface area contributed by atoms with E-state index in [-0.39, 0.29) is 0 Å². The minimum Gasteiger partial charge on any atom is -0.508 e. The van der Waals surface area contributed by atoms with Crippen LogP contribution in [0.1, 0.15) is 36.8 Å². The van der Waals surface area contributed by atoms with Gasteiger partial charge in [-0.25, -0.2) is 4.98 Å². The molecule has 1 aliphatic carbocycles. The SMILES string of the molecule is Cc1ccc(O)c(CNC2CCC(Nc3nc(N(C)C)c4ccccc4n3)CC2)c1. The molecule has 3 N–H and O–H groups in total. The highest BCUT2D eigenvalue weighted by Crippen LogP contribution is 2.27. The average Bonchev–Trinajstić information content (AvgIpc) is 2.74. The summed E-state index contributed by atoms with van der Waals surface area (Å²) in [4.78, 5) is 11.5. The van der Waals surface area contributed by atoms with E-state index in [0.29, 0.717) is 30.3 Å². The third-order valence-corrected chi connectivity index (χ3v) is 5.88. The number of para-hydroxylation sites is 1. The van der Waals surface area contributed by atoms with Crippen LogP contribution in [0.2, 0.25) is 0 Å². The van der Waals surface area contributed by atoms with Crippen LogP contribution in [0.3, 0.4) is 0 Å². The third-order valence-electron chi connectivity index (χ3n) is 5.88. The van der Waals surface area contributed by atoms with Crippen LogP contribution in [-0.4, -0.2) is 41.3 Å². The number of aryl methyl sites for hydroxylation is 1. The standard InChI is InChI=1S/C24H31N5O/c1-16-8-13-22(30)17(14-16)15-25-18-9-11-19(12-10-18)26-24-27-21-7-5-4-6-20(21)23(28-24)29(2)3/h4-8,13-14,18-19,25,30H,9-12,15H2,1-3H3,(H,26,27,28). The number of fused-ring (bicyclic) bond motifs is 1. The van der Waals surface area contributed by atoms with Gasteiger partial charge in [-0.3, -0.25) is 0 Å². The Morgan fingerprint density at radius 1 is 1.00 bits per heavy atom. The molecule has 0 atom stereocenters. The van der Waals surface area contributed by atoms with Gasteiger partial charge in [-0.05, 0) is 50.8 Å². The fraction of sp³-hybridized carbons (Fsp3) is 0.417. The van der Waals surface area contributed by atoms with E-state index in [0.717, 1.165) is 48.0 Å². The van der Waals surface area contributed by atoms with Crippen LogP contribution in [0.15, 0.2) is 42.5 Å². The Hall–Kier alpha value is -2.86. The maximum Gasteiger partial charge on any atom is 0.225 e. The van der Waals surface area contributed by atoms with E-state index in [4.69, 9.17) is 9.97 Å². The molecular formula is C24H31N5O. The molecule has 3 aromatic rings. The molecule has 4 rings (SSSR count). The number of anilines is 2. The Labute approximate surface area is 178 Å². The van der Waals surface area contributed by atoms with Crippen LogP contribution in [-0.2, 0) is 6.54 Å². The van der Waals surface area contributed by atoms with Gasteiger partial charge >= 0.3 is 0 Å². The number of benzene rings is 2. The van der Waals surface area contributed by atoms with Crippen molar-refractivity contribution in [3.8, 4) is 5.75 Å². The molecule has 6 nitrogen and oxygen atoms in total. The van der Waals surface area contributed by atoms with E-state index in [2.05, 4.69) is 29.7 Å². The van der Waals surface area contributed by atoms with Gasteiger partial charge in [0.15, 0.2) is 0 Å². The van der Waals surface area contributed by atoms with Crippen molar-refractivity contribution in [1.82, 2.24) is 15.3 Å². The van der Waals surface area contributed by atoms with Gasteiger partial charge < -0.3 is 20.6 Å². The number of hydrogen-bond donors (Lipinski definition) is 3. The molecule has 0 spiro atoms. The van der Waals surface area contributed by atoms with E-state index in [9.17, 15) is 5.11 Å². The number of aromatic hydroxyl groups is 1. The van der Waals surface area contributed by atoms with Crippen LogP contribution in [0.4, 0.5) is 11.8 Å². The van der Waals surface area contributed by atoms with Crippen molar-refractivity contribution in [2.45, 2.75) is 51.2 Å². The third kappa shape index (κ3) is 4.65. The zero-order valence-corrected chi connectivity index (χ0v) is 18.0. The maximum atomic E-state index is 10.0. The summed E-state index contributed by atoms with van der Waals surface area (Å²) in [6.45, 7) is 2.76. The molecule has 1 saturated carbocycles. The predicted molar refractivity (Wildman–Crippen MR) is 123 cm³/mol.